The highest BCUT2D eigenvalue weighted by atomic mass is 35.5. The van der Waals surface area contributed by atoms with E-state index < -0.39 is 5.97 Å². The Bertz CT molecular complexity index is 563. The molecule has 0 aliphatic heterocycles. The Balaban J connectivity index is 2.03. The van der Waals surface area contributed by atoms with Crippen LogP contribution in [0.4, 0.5) is 5.69 Å². The van der Waals surface area contributed by atoms with Gasteiger partial charge in [0.2, 0.25) is 0 Å². The SMILES string of the molecule is Nc1c(Cl)cc(C(=O)NCC2(CC(=O)O)CCC2)cc1Cl. The summed E-state index contributed by atoms with van der Waals surface area (Å²) in [6.07, 6.45) is 2.67. The van der Waals surface area contributed by atoms with Crippen LogP contribution in [0.2, 0.25) is 10.0 Å². The summed E-state index contributed by atoms with van der Waals surface area (Å²) in [5.74, 6) is -1.18. The molecule has 2 rings (SSSR count). The molecule has 1 fully saturated rings. The summed E-state index contributed by atoms with van der Waals surface area (Å²) in [5.41, 5.74) is 5.83. The first-order valence-electron chi connectivity index (χ1n) is 6.57. The smallest absolute Gasteiger partial charge is 0.303 e. The third-order valence-electron chi connectivity index (χ3n) is 3.91. The Morgan fingerprint density at radius 1 is 1.29 bits per heavy atom. The fraction of sp³-hybridized carbons (Fsp3) is 0.429. The summed E-state index contributed by atoms with van der Waals surface area (Å²) in [6, 6.07) is 2.89. The Hall–Kier alpha value is -1.46. The van der Waals surface area contributed by atoms with Crippen molar-refractivity contribution >= 4 is 40.8 Å². The number of halogens is 2. The molecule has 0 aromatic heterocycles. The van der Waals surface area contributed by atoms with Gasteiger partial charge in [-0.2, -0.15) is 0 Å². The second kappa shape index (κ2) is 6.12. The van der Waals surface area contributed by atoms with Crippen molar-refractivity contribution < 1.29 is 14.7 Å². The van der Waals surface area contributed by atoms with Crippen molar-refractivity contribution in [2.45, 2.75) is 25.7 Å². The minimum Gasteiger partial charge on any atom is -0.481 e. The highest BCUT2D eigenvalue weighted by Gasteiger charge is 2.39. The van der Waals surface area contributed by atoms with E-state index >= 15 is 0 Å². The Morgan fingerprint density at radius 2 is 1.86 bits per heavy atom. The lowest BCUT2D eigenvalue weighted by Gasteiger charge is -2.40. The summed E-state index contributed by atoms with van der Waals surface area (Å²) in [6.45, 7) is 0.331. The molecule has 0 atom stereocenters. The number of nitrogens with one attached hydrogen (secondary N) is 1. The van der Waals surface area contributed by atoms with Gasteiger partial charge >= 0.3 is 5.97 Å². The van der Waals surface area contributed by atoms with E-state index in [2.05, 4.69) is 5.32 Å². The lowest BCUT2D eigenvalue weighted by Crippen LogP contribution is -2.43. The van der Waals surface area contributed by atoms with Crippen molar-refractivity contribution in [3.05, 3.63) is 27.7 Å². The fourth-order valence-electron chi connectivity index (χ4n) is 2.50. The summed E-state index contributed by atoms with van der Waals surface area (Å²) < 4.78 is 0. The second-order valence-electron chi connectivity index (χ2n) is 5.46. The van der Waals surface area contributed by atoms with Crippen LogP contribution in [0.1, 0.15) is 36.0 Å². The lowest BCUT2D eigenvalue weighted by molar-refractivity contribution is -0.141. The predicted octanol–water partition coefficient (Wildman–Crippen LogP) is 2.95. The van der Waals surface area contributed by atoms with Gasteiger partial charge in [-0.05, 0) is 30.4 Å². The molecule has 0 spiro atoms. The van der Waals surface area contributed by atoms with Gasteiger partial charge in [0, 0.05) is 12.1 Å². The van der Waals surface area contributed by atoms with E-state index in [9.17, 15) is 9.59 Å². The molecule has 4 N–H and O–H groups in total. The summed E-state index contributed by atoms with van der Waals surface area (Å²) in [7, 11) is 0. The van der Waals surface area contributed by atoms with Crippen LogP contribution in [0.15, 0.2) is 12.1 Å². The fourth-order valence-corrected chi connectivity index (χ4v) is 2.99. The van der Waals surface area contributed by atoms with Gasteiger partial charge < -0.3 is 16.2 Å². The van der Waals surface area contributed by atoms with Crippen LogP contribution in [0, 0.1) is 5.41 Å². The number of amides is 1. The molecule has 1 amide bonds. The molecule has 0 radical (unpaired) electrons. The number of benzene rings is 1. The summed E-state index contributed by atoms with van der Waals surface area (Å²) in [4.78, 5) is 23.0. The van der Waals surface area contributed by atoms with E-state index in [1.54, 1.807) is 0 Å². The zero-order valence-electron chi connectivity index (χ0n) is 11.3. The van der Waals surface area contributed by atoms with Crippen LogP contribution in [0.25, 0.3) is 0 Å². The number of rotatable bonds is 5. The zero-order chi connectivity index (χ0) is 15.6. The van der Waals surface area contributed by atoms with Crippen LogP contribution in [0.3, 0.4) is 0 Å². The van der Waals surface area contributed by atoms with Crippen molar-refractivity contribution in [1.82, 2.24) is 5.32 Å². The second-order valence-corrected chi connectivity index (χ2v) is 6.27. The zero-order valence-corrected chi connectivity index (χ0v) is 12.8. The molecule has 1 saturated carbocycles. The molecule has 0 saturated heterocycles. The number of anilines is 1. The minimum absolute atomic E-state index is 0.0660. The van der Waals surface area contributed by atoms with Crippen LogP contribution in [0.5, 0.6) is 0 Å². The topological polar surface area (TPSA) is 92.4 Å². The monoisotopic (exact) mass is 330 g/mol. The number of nitrogen functional groups attached to an aromatic ring is 1. The molecular formula is C14H16Cl2N2O3. The average molecular weight is 331 g/mol. The maximum atomic E-state index is 12.1. The van der Waals surface area contributed by atoms with Crippen LogP contribution in [-0.4, -0.2) is 23.5 Å². The van der Waals surface area contributed by atoms with E-state index in [0.29, 0.717) is 12.1 Å². The number of hydrogen-bond donors (Lipinski definition) is 3. The highest BCUT2D eigenvalue weighted by Crippen LogP contribution is 2.43. The Kier molecular flexibility index (Phi) is 4.64. The van der Waals surface area contributed by atoms with Gasteiger partial charge in [-0.1, -0.05) is 29.6 Å². The first kappa shape index (κ1) is 15.9. The predicted molar refractivity (Wildman–Crippen MR) is 81.7 cm³/mol. The molecule has 0 heterocycles. The molecule has 0 bridgehead atoms. The van der Waals surface area contributed by atoms with Crippen molar-refractivity contribution in [3.63, 3.8) is 0 Å². The number of carboxylic acid groups (broad SMARTS) is 1. The quantitative estimate of drug-likeness (QED) is 0.723. The molecule has 1 aliphatic carbocycles. The van der Waals surface area contributed by atoms with E-state index in [0.717, 1.165) is 19.3 Å². The largest absolute Gasteiger partial charge is 0.481 e. The summed E-state index contributed by atoms with van der Waals surface area (Å²) >= 11 is 11.8. The van der Waals surface area contributed by atoms with Gasteiger partial charge in [0.15, 0.2) is 0 Å². The molecule has 114 valence electrons. The Labute approximate surface area is 132 Å². The van der Waals surface area contributed by atoms with Crippen molar-refractivity contribution in [3.8, 4) is 0 Å². The van der Waals surface area contributed by atoms with E-state index in [4.69, 9.17) is 34.0 Å². The average Bonchev–Trinajstić information content (AvgIpc) is 2.37. The molecule has 7 heteroatoms. The number of carbonyl (C=O) groups excluding carboxylic acids is 1. The third-order valence-corrected chi connectivity index (χ3v) is 4.53. The number of aliphatic carboxylic acids is 1. The van der Waals surface area contributed by atoms with Gasteiger partial charge in [0.25, 0.3) is 5.91 Å². The van der Waals surface area contributed by atoms with Crippen molar-refractivity contribution in [1.29, 1.82) is 0 Å². The van der Waals surface area contributed by atoms with Gasteiger partial charge in [-0.3, -0.25) is 9.59 Å². The van der Waals surface area contributed by atoms with E-state index in [-0.39, 0.29) is 33.5 Å². The molecule has 1 aromatic rings. The molecule has 0 unspecified atom stereocenters. The van der Waals surface area contributed by atoms with E-state index in [1.807, 2.05) is 0 Å². The highest BCUT2D eigenvalue weighted by molar-refractivity contribution is 6.39. The molecule has 1 aliphatic rings. The normalized spacial score (nSPS) is 16.1. The van der Waals surface area contributed by atoms with Crippen molar-refractivity contribution in [2.75, 3.05) is 12.3 Å². The van der Waals surface area contributed by atoms with Gasteiger partial charge in [-0.25, -0.2) is 0 Å². The van der Waals surface area contributed by atoms with Gasteiger partial charge in [0.05, 0.1) is 22.2 Å². The summed E-state index contributed by atoms with van der Waals surface area (Å²) in [5, 5.41) is 12.1. The van der Waals surface area contributed by atoms with Crippen LogP contribution >= 0.6 is 23.2 Å². The number of carboxylic acids is 1. The number of carbonyl (C=O) groups is 2. The Morgan fingerprint density at radius 3 is 2.29 bits per heavy atom. The lowest BCUT2D eigenvalue weighted by atomic mass is 9.66. The third kappa shape index (κ3) is 3.60. The van der Waals surface area contributed by atoms with Crippen LogP contribution < -0.4 is 11.1 Å². The first-order valence-corrected chi connectivity index (χ1v) is 7.33. The minimum atomic E-state index is -0.845. The number of hydrogen-bond acceptors (Lipinski definition) is 3. The first-order chi connectivity index (χ1) is 9.83. The standard InChI is InChI=1S/C14H16Cl2N2O3/c15-9-4-8(5-10(16)12(9)17)13(21)18-7-14(2-1-3-14)6-11(19)20/h4-5H,1-3,6-7,17H2,(H,18,21)(H,19,20). The van der Waals surface area contributed by atoms with Gasteiger partial charge in [-0.15, -0.1) is 0 Å². The molecule has 5 nitrogen and oxygen atoms in total. The maximum Gasteiger partial charge on any atom is 0.303 e. The number of nitrogens with two attached hydrogens (primary N) is 1. The molecule has 1 aromatic carbocycles. The molecular weight excluding hydrogens is 315 g/mol. The molecule has 21 heavy (non-hydrogen) atoms. The van der Waals surface area contributed by atoms with E-state index in [1.165, 1.54) is 12.1 Å². The van der Waals surface area contributed by atoms with Crippen LogP contribution in [-0.2, 0) is 4.79 Å². The maximum absolute atomic E-state index is 12.1. The van der Waals surface area contributed by atoms with Crippen molar-refractivity contribution in [2.24, 2.45) is 5.41 Å². The van der Waals surface area contributed by atoms with Gasteiger partial charge in [0.1, 0.15) is 0 Å².